The monoisotopic (exact) mass is 375 g/mol. The molecule has 0 aliphatic heterocycles. The summed E-state index contributed by atoms with van der Waals surface area (Å²) in [4.78, 5) is 16.9. The van der Waals surface area contributed by atoms with Crippen LogP contribution in [0.4, 0.5) is 0 Å². The number of hydrogen-bond acceptors (Lipinski definition) is 4. The lowest BCUT2D eigenvalue weighted by atomic mass is 9.96. The number of nitriles is 1. The van der Waals surface area contributed by atoms with Crippen molar-refractivity contribution in [3.63, 3.8) is 0 Å². The molecule has 0 bridgehead atoms. The molecule has 1 N–H and O–H groups in total. The molecule has 0 radical (unpaired) electrons. The molecule has 1 atom stereocenters. The molecule has 0 saturated heterocycles. The van der Waals surface area contributed by atoms with Crippen LogP contribution >= 0.6 is 0 Å². The summed E-state index contributed by atoms with van der Waals surface area (Å²) < 4.78 is 1.68. The molecule has 2 aromatic heterocycles. The molecule has 6 heteroatoms. The molecule has 2 heterocycles. The second kappa shape index (κ2) is 8.66. The van der Waals surface area contributed by atoms with Crippen LogP contribution in [-0.4, -0.2) is 27.0 Å². The Labute approximate surface area is 165 Å². The molecule has 0 aliphatic carbocycles. The van der Waals surface area contributed by atoms with Crippen LogP contribution in [0.2, 0.25) is 0 Å². The highest BCUT2D eigenvalue weighted by molar-refractivity contribution is 5.76. The van der Waals surface area contributed by atoms with Gasteiger partial charge in [-0.25, -0.2) is 9.50 Å². The number of fused-ring (bicyclic) bond motifs is 1. The van der Waals surface area contributed by atoms with Crippen LogP contribution in [0.3, 0.4) is 0 Å². The van der Waals surface area contributed by atoms with E-state index in [-0.39, 0.29) is 5.91 Å². The number of nitrogens with one attached hydrogen (secondary N) is 1. The van der Waals surface area contributed by atoms with Gasteiger partial charge in [-0.3, -0.25) is 4.79 Å². The number of aromatic nitrogens is 3. The molecule has 6 nitrogen and oxygen atoms in total. The fraction of sp³-hybridized carbons (Fsp3) is 0.364. The maximum absolute atomic E-state index is 12.4. The maximum atomic E-state index is 12.4. The lowest BCUT2D eigenvalue weighted by Gasteiger charge is -2.16. The van der Waals surface area contributed by atoms with E-state index in [0.29, 0.717) is 36.5 Å². The number of nitrogens with zero attached hydrogens (tertiary/aromatic N) is 4. The summed E-state index contributed by atoms with van der Waals surface area (Å²) in [5, 5.41) is 16.5. The van der Waals surface area contributed by atoms with Gasteiger partial charge in [-0.15, -0.1) is 0 Å². The first kappa shape index (κ1) is 19.6. The standard InChI is InChI=1S/C22H25N5O/c1-4-17(18-8-6-5-7-9-18)13-24-21(28)11-10-20-15(2)26-22-19(12-23)14-25-27(22)16(20)3/h5-9,14,17H,4,10-11,13H2,1-3H3,(H,24,28)/t17-/m0/s1. The third kappa shape index (κ3) is 4.04. The molecule has 3 rings (SSSR count). The van der Waals surface area contributed by atoms with Crippen LogP contribution in [0, 0.1) is 25.2 Å². The van der Waals surface area contributed by atoms with E-state index in [1.807, 2.05) is 32.0 Å². The van der Waals surface area contributed by atoms with Crippen molar-refractivity contribution in [1.82, 2.24) is 19.9 Å². The number of carbonyl (C=O) groups excluding carboxylic acids is 1. The molecular weight excluding hydrogens is 350 g/mol. The smallest absolute Gasteiger partial charge is 0.220 e. The van der Waals surface area contributed by atoms with E-state index in [1.165, 1.54) is 11.8 Å². The van der Waals surface area contributed by atoms with Gasteiger partial charge in [0.15, 0.2) is 5.65 Å². The van der Waals surface area contributed by atoms with E-state index < -0.39 is 0 Å². The zero-order valence-corrected chi connectivity index (χ0v) is 16.6. The summed E-state index contributed by atoms with van der Waals surface area (Å²) in [5.74, 6) is 0.353. The summed E-state index contributed by atoms with van der Waals surface area (Å²) in [6.45, 7) is 6.64. The Morgan fingerprint density at radius 2 is 2.04 bits per heavy atom. The van der Waals surface area contributed by atoms with Crippen LogP contribution in [0.15, 0.2) is 36.5 Å². The fourth-order valence-corrected chi connectivity index (χ4v) is 3.54. The van der Waals surface area contributed by atoms with Gasteiger partial charge < -0.3 is 5.32 Å². The van der Waals surface area contributed by atoms with Gasteiger partial charge in [-0.2, -0.15) is 10.4 Å². The summed E-state index contributed by atoms with van der Waals surface area (Å²) >= 11 is 0. The van der Waals surface area contributed by atoms with Gasteiger partial charge in [-0.1, -0.05) is 37.3 Å². The van der Waals surface area contributed by atoms with Gasteiger partial charge in [0.1, 0.15) is 11.6 Å². The van der Waals surface area contributed by atoms with Gasteiger partial charge in [0.25, 0.3) is 0 Å². The molecule has 0 unspecified atom stereocenters. The average Bonchev–Trinajstić information content (AvgIpc) is 3.12. The van der Waals surface area contributed by atoms with Crippen LogP contribution in [0.1, 0.15) is 53.8 Å². The number of carbonyl (C=O) groups is 1. The quantitative estimate of drug-likeness (QED) is 0.685. The van der Waals surface area contributed by atoms with E-state index in [4.69, 9.17) is 5.26 Å². The number of amides is 1. The van der Waals surface area contributed by atoms with Crippen molar-refractivity contribution in [3.8, 4) is 6.07 Å². The van der Waals surface area contributed by atoms with Crippen LogP contribution < -0.4 is 5.32 Å². The van der Waals surface area contributed by atoms with Crippen molar-refractivity contribution < 1.29 is 4.79 Å². The second-order valence-corrected chi connectivity index (χ2v) is 6.99. The Morgan fingerprint density at radius 1 is 1.29 bits per heavy atom. The SMILES string of the molecule is CC[C@@H](CNC(=O)CCc1c(C)nc2c(C#N)cnn2c1C)c1ccccc1. The van der Waals surface area contributed by atoms with Crippen molar-refractivity contribution in [1.29, 1.82) is 5.26 Å². The van der Waals surface area contributed by atoms with E-state index >= 15 is 0 Å². The van der Waals surface area contributed by atoms with Crippen molar-refractivity contribution in [3.05, 3.63) is 64.6 Å². The number of hydrogen-bond donors (Lipinski definition) is 1. The Hall–Kier alpha value is -3.20. The lowest BCUT2D eigenvalue weighted by molar-refractivity contribution is -0.121. The molecule has 1 amide bonds. The zero-order valence-electron chi connectivity index (χ0n) is 16.6. The summed E-state index contributed by atoms with van der Waals surface area (Å²) in [5.41, 5.74) is 5.04. The van der Waals surface area contributed by atoms with Crippen molar-refractivity contribution in [2.45, 2.75) is 46.0 Å². The van der Waals surface area contributed by atoms with Gasteiger partial charge in [-0.05, 0) is 37.8 Å². The first-order chi connectivity index (χ1) is 13.5. The molecule has 28 heavy (non-hydrogen) atoms. The minimum absolute atomic E-state index is 0.0338. The predicted octanol–water partition coefficient (Wildman–Crippen LogP) is 3.46. The molecule has 0 spiro atoms. The Balaban J connectivity index is 1.64. The van der Waals surface area contributed by atoms with Crippen LogP contribution in [-0.2, 0) is 11.2 Å². The molecule has 144 valence electrons. The first-order valence-electron chi connectivity index (χ1n) is 9.60. The largest absolute Gasteiger partial charge is 0.355 e. The Kier molecular flexibility index (Phi) is 6.05. The summed E-state index contributed by atoms with van der Waals surface area (Å²) in [6.07, 6.45) is 3.49. The molecule has 0 fully saturated rings. The molecular formula is C22H25N5O. The number of rotatable bonds is 7. The second-order valence-electron chi connectivity index (χ2n) is 6.99. The molecule has 0 saturated carbocycles. The fourth-order valence-electron chi connectivity index (χ4n) is 3.54. The first-order valence-corrected chi connectivity index (χ1v) is 9.60. The normalized spacial score (nSPS) is 11.9. The highest BCUT2D eigenvalue weighted by Crippen LogP contribution is 2.19. The van der Waals surface area contributed by atoms with Crippen molar-refractivity contribution >= 4 is 11.6 Å². The average molecular weight is 375 g/mol. The highest BCUT2D eigenvalue weighted by Gasteiger charge is 2.15. The minimum Gasteiger partial charge on any atom is -0.355 e. The molecule has 1 aromatic carbocycles. The van der Waals surface area contributed by atoms with E-state index in [0.717, 1.165) is 23.4 Å². The Bertz CT molecular complexity index is 1020. The topological polar surface area (TPSA) is 83.1 Å². The lowest BCUT2D eigenvalue weighted by Crippen LogP contribution is -2.28. The van der Waals surface area contributed by atoms with E-state index in [9.17, 15) is 4.79 Å². The highest BCUT2D eigenvalue weighted by atomic mass is 16.1. The zero-order chi connectivity index (χ0) is 20.1. The maximum Gasteiger partial charge on any atom is 0.220 e. The van der Waals surface area contributed by atoms with Gasteiger partial charge >= 0.3 is 0 Å². The summed E-state index contributed by atoms with van der Waals surface area (Å²) in [6, 6.07) is 12.4. The third-order valence-corrected chi connectivity index (χ3v) is 5.24. The third-order valence-electron chi connectivity index (χ3n) is 5.24. The van der Waals surface area contributed by atoms with E-state index in [2.05, 4.69) is 40.5 Å². The predicted molar refractivity (Wildman–Crippen MR) is 108 cm³/mol. The molecule has 0 aliphatic rings. The summed E-state index contributed by atoms with van der Waals surface area (Å²) in [7, 11) is 0. The molecule has 3 aromatic rings. The van der Waals surface area contributed by atoms with Crippen LogP contribution in [0.25, 0.3) is 5.65 Å². The van der Waals surface area contributed by atoms with Crippen molar-refractivity contribution in [2.24, 2.45) is 0 Å². The number of aryl methyl sites for hydroxylation is 2. The van der Waals surface area contributed by atoms with Crippen LogP contribution in [0.5, 0.6) is 0 Å². The van der Waals surface area contributed by atoms with Gasteiger partial charge in [0.05, 0.1) is 6.20 Å². The van der Waals surface area contributed by atoms with E-state index in [1.54, 1.807) is 4.52 Å². The van der Waals surface area contributed by atoms with Crippen molar-refractivity contribution in [2.75, 3.05) is 6.54 Å². The van der Waals surface area contributed by atoms with Gasteiger partial charge in [0, 0.05) is 30.3 Å². The van der Waals surface area contributed by atoms with Gasteiger partial charge in [0.2, 0.25) is 5.91 Å². The number of benzene rings is 1. The minimum atomic E-state index is 0.0338. The Morgan fingerprint density at radius 3 is 2.71 bits per heavy atom.